The minimum absolute atomic E-state index is 0.339. The minimum atomic E-state index is -0.369. The summed E-state index contributed by atoms with van der Waals surface area (Å²) in [6.45, 7) is 5.48. The van der Waals surface area contributed by atoms with Crippen LogP contribution in [-0.2, 0) is 0 Å². The highest BCUT2D eigenvalue weighted by atomic mass is 16.2. The first-order valence-corrected chi connectivity index (χ1v) is 3.76. The molecule has 0 aromatic heterocycles. The fraction of sp³-hybridized carbons (Fsp3) is 0.500. The van der Waals surface area contributed by atoms with Crippen molar-refractivity contribution in [1.82, 2.24) is 0 Å². The highest BCUT2D eigenvalue weighted by molar-refractivity contribution is 5.49. The number of anilines is 1. The zero-order valence-corrected chi connectivity index (χ0v) is 6.76. The van der Waals surface area contributed by atoms with Crippen LogP contribution >= 0.6 is 0 Å². The molecular weight excluding hydrogens is 142 g/mol. The van der Waals surface area contributed by atoms with Crippen LogP contribution in [0.5, 0.6) is 0 Å². The molecule has 3 nitrogen and oxygen atoms in total. The van der Waals surface area contributed by atoms with E-state index >= 15 is 0 Å². The van der Waals surface area contributed by atoms with E-state index in [1.165, 1.54) is 6.07 Å². The summed E-state index contributed by atoms with van der Waals surface area (Å²) < 4.78 is 0. The molecule has 0 N–H and O–H groups in total. The third-order valence-corrected chi connectivity index (χ3v) is 1.83. The summed E-state index contributed by atoms with van der Waals surface area (Å²) in [5.74, 6) is 0. The fourth-order valence-electron chi connectivity index (χ4n) is 1.10. The molecule has 0 bridgehead atoms. The standard InChI is InChI=1S/C8H11NO2/c1-3-9(4-2)6-5-7(10)8(6)11/h5H,3-4H2,1-2H3. The molecule has 0 spiro atoms. The van der Waals surface area contributed by atoms with Crippen molar-refractivity contribution in [2.24, 2.45) is 0 Å². The Morgan fingerprint density at radius 2 is 1.82 bits per heavy atom. The summed E-state index contributed by atoms with van der Waals surface area (Å²) in [4.78, 5) is 23.3. The Kier molecular flexibility index (Phi) is 2.08. The predicted octanol–water partition coefficient (Wildman–Crippen LogP) is 0.129. The van der Waals surface area contributed by atoms with Crippen LogP contribution in [0.2, 0.25) is 0 Å². The summed E-state index contributed by atoms with van der Waals surface area (Å²) in [5.41, 5.74) is -0.138. The van der Waals surface area contributed by atoms with Gasteiger partial charge in [-0.05, 0) is 13.8 Å². The summed E-state index contributed by atoms with van der Waals surface area (Å²) in [6, 6.07) is 1.40. The quantitative estimate of drug-likeness (QED) is 0.579. The topological polar surface area (TPSA) is 37.4 Å². The van der Waals surface area contributed by atoms with Gasteiger partial charge in [0, 0.05) is 19.2 Å². The lowest BCUT2D eigenvalue weighted by atomic mass is 10.2. The van der Waals surface area contributed by atoms with E-state index in [9.17, 15) is 9.59 Å². The van der Waals surface area contributed by atoms with E-state index in [0.29, 0.717) is 5.69 Å². The summed E-state index contributed by atoms with van der Waals surface area (Å²) in [6.07, 6.45) is 0. The lowest BCUT2D eigenvalue weighted by molar-refractivity contribution is 0.855. The van der Waals surface area contributed by atoms with Gasteiger partial charge in [-0.15, -0.1) is 0 Å². The number of rotatable bonds is 3. The van der Waals surface area contributed by atoms with Crippen LogP contribution in [0, 0.1) is 0 Å². The molecule has 0 radical (unpaired) electrons. The zero-order chi connectivity index (χ0) is 8.43. The van der Waals surface area contributed by atoms with Gasteiger partial charge in [-0.2, -0.15) is 0 Å². The Bertz CT molecular complexity index is 305. The van der Waals surface area contributed by atoms with Gasteiger partial charge in [0.25, 0.3) is 0 Å². The molecule has 0 aliphatic rings. The molecule has 3 heteroatoms. The third-order valence-electron chi connectivity index (χ3n) is 1.83. The zero-order valence-electron chi connectivity index (χ0n) is 6.76. The van der Waals surface area contributed by atoms with Gasteiger partial charge in [0.2, 0.25) is 10.9 Å². The van der Waals surface area contributed by atoms with Crippen molar-refractivity contribution in [3.8, 4) is 0 Å². The fourth-order valence-corrected chi connectivity index (χ4v) is 1.10. The second-order valence-corrected chi connectivity index (χ2v) is 2.40. The molecule has 1 aromatic carbocycles. The lowest BCUT2D eigenvalue weighted by Crippen LogP contribution is -2.39. The summed E-state index contributed by atoms with van der Waals surface area (Å²) in [5, 5.41) is 0. The highest BCUT2D eigenvalue weighted by Crippen LogP contribution is 2.04. The van der Waals surface area contributed by atoms with Crippen molar-refractivity contribution < 1.29 is 0 Å². The van der Waals surface area contributed by atoms with Gasteiger partial charge < -0.3 is 4.90 Å². The molecule has 0 saturated carbocycles. The van der Waals surface area contributed by atoms with E-state index in [4.69, 9.17) is 0 Å². The van der Waals surface area contributed by atoms with Gasteiger partial charge in [0.15, 0.2) is 0 Å². The molecule has 1 aromatic rings. The molecule has 0 amide bonds. The van der Waals surface area contributed by atoms with Crippen molar-refractivity contribution in [2.75, 3.05) is 18.0 Å². The number of hydrogen-bond donors (Lipinski definition) is 0. The van der Waals surface area contributed by atoms with E-state index in [1.54, 1.807) is 0 Å². The summed E-state index contributed by atoms with van der Waals surface area (Å²) in [7, 11) is 0. The van der Waals surface area contributed by atoms with Crippen molar-refractivity contribution in [1.29, 1.82) is 0 Å². The van der Waals surface area contributed by atoms with Crippen LogP contribution < -0.4 is 15.8 Å². The van der Waals surface area contributed by atoms with Gasteiger partial charge in [-0.25, -0.2) is 0 Å². The van der Waals surface area contributed by atoms with Crippen molar-refractivity contribution in [2.45, 2.75) is 13.8 Å². The Balaban J connectivity index is 2.87. The third kappa shape index (κ3) is 1.18. The van der Waals surface area contributed by atoms with E-state index in [2.05, 4.69) is 0 Å². The molecule has 1 rings (SSSR count). The Morgan fingerprint density at radius 1 is 1.27 bits per heavy atom. The SMILES string of the molecule is CCN(CC)c1cc(=O)c1=O. The maximum atomic E-state index is 10.9. The number of hydrogen-bond acceptors (Lipinski definition) is 3. The summed E-state index contributed by atoms with van der Waals surface area (Å²) >= 11 is 0. The van der Waals surface area contributed by atoms with E-state index < -0.39 is 0 Å². The van der Waals surface area contributed by atoms with Crippen LogP contribution in [0.25, 0.3) is 0 Å². The monoisotopic (exact) mass is 153 g/mol. The molecule has 0 heterocycles. The number of nitrogens with zero attached hydrogens (tertiary/aromatic N) is 1. The minimum Gasteiger partial charge on any atom is -0.369 e. The smallest absolute Gasteiger partial charge is 0.249 e. The van der Waals surface area contributed by atoms with Crippen molar-refractivity contribution >= 4 is 5.69 Å². The van der Waals surface area contributed by atoms with E-state index in [1.807, 2.05) is 18.7 Å². The Labute approximate surface area is 65.0 Å². The van der Waals surface area contributed by atoms with Crippen LogP contribution in [-0.4, -0.2) is 13.1 Å². The van der Waals surface area contributed by atoms with Crippen LogP contribution in [0.4, 0.5) is 5.69 Å². The normalized spacial score (nSPS) is 10.4. The predicted molar refractivity (Wildman–Crippen MR) is 44.9 cm³/mol. The highest BCUT2D eigenvalue weighted by Gasteiger charge is 2.13. The van der Waals surface area contributed by atoms with Crippen LogP contribution in [0.15, 0.2) is 15.7 Å². The molecule has 0 saturated heterocycles. The first-order valence-electron chi connectivity index (χ1n) is 3.76. The Morgan fingerprint density at radius 3 is 2.09 bits per heavy atom. The first-order chi connectivity index (χ1) is 5.20. The van der Waals surface area contributed by atoms with Crippen molar-refractivity contribution in [3.63, 3.8) is 0 Å². The van der Waals surface area contributed by atoms with Gasteiger partial charge in [0.05, 0.1) is 5.69 Å². The van der Waals surface area contributed by atoms with Gasteiger partial charge in [-0.3, -0.25) is 9.59 Å². The van der Waals surface area contributed by atoms with E-state index in [-0.39, 0.29) is 10.9 Å². The molecule has 0 unspecified atom stereocenters. The van der Waals surface area contributed by atoms with Gasteiger partial charge >= 0.3 is 0 Å². The molecule has 60 valence electrons. The maximum absolute atomic E-state index is 10.9. The average Bonchev–Trinajstić information content (AvgIpc) is 2.05. The second kappa shape index (κ2) is 2.86. The van der Waals surface area contributed by atoms with Crippen molar-refractivity contribution in [3.05, 3.63) is 26.5 Å². The molecule has 0 atom stereocenters. The molecule has 0 aliphatic heterocycles. The molecular formula is C8H11NO2. The first kappa shape index (κ1) is 7.98. The molecule has 0 fully saturated rings. The largest absolute Gasteiger partial charge is 0.369 e. The van der Waals surface area contributed by atoms with Gasteiger partial charge in [0.1, 0.15) is 0 Å². The van der Waals surface area contributed by atoms with E-state index in [0.717, 1.165) is 13.1 Å². The van der Waals surface area contributed by atoms with Crippen LogP contribution in [0.3, 0.4) is 0 Å². The average molecular weight is 153 g/mol. The molecule has 0 aliphatic carbocycles. The van der Waals surface area contributed by atoms with Gasteiger partial charge in [-0.1, -0.05) is 0 Å². The maximum Gasteiger partial charge on any atom is 0.249 e. The molecule has 11 heavy (non-hydrogen) atoms. The van der Waals surface area contributed by atoms with Crippen LogP contribution in [0.1, 0.15) is 13.8 Å². The Hall–Kier alpha value is -1.12. The second-order valence-electron chi connectivity index (χ2n) is 2.40. The lowest BCUT2D eigenvalue weighted by Gasteiger charge is -2.20.